The number of hydrogen-bond donors (Lipinski definition) is 0. The Morgan fingerprint density at radius 2 is 1.70 bits per heavy atom. The second-order valence-corrected chi connectivity index (χ2v) is 5.23. The molecular weight excluding hydrogens is 246 g/mol. The standard InChI is InChI=1S/C18H17NO/c1-13-6-8-15(9-7-13)17-10-11-18(20)19(17)16-5-3-4-14(2)12-16/h3-10,12H,11H2,1-2H3. The Hall–Kier alpha value is -2.35. The van der Waals surface area contributed by atoms with Gasteiger partial charge in [-0.05, 0) is 37.1 Å². The Morgan fingerprint density at radius 3 is 2.40 bits per heavy atom. The highest BCUT2D eigenvalue weighted by molar-refractivity contribution is 6.10. The molecule has 3 rings (SSSR count). The van der Waals surface area contributed by atoms with Crippen LogP contribution in [-0.4, -0.2) is 5.91 Å². The quantitative estimate of drug-likeness (QED) is 0.799. The number of anilines is 1. The zero-order chi connectivity index (χ0) is 14.1. The van der Waals surface area contributed by atoms with Crippen molar-refractivity contribution in [2.75, 3.05) is 4.90 Å². The molecule has 100 valence electrons. The molecule has 0 aromatic heterocycles. The zero-order valence-electron chi connectivity index (χ0n) is 11.8. The second kappa shape index (κ2) is 4.97. The largest absolute Gasteiger partial charge is 0.281 e. The van der Waals surface area contributed by atoms with E-state index < -0.39 is 0 Å². The first-order valence-corrected chi connectivity index (χ1v) is 6.82. The molecule has 0 aliphatic carbocycles. The van der Waals surface area contributed by atoms with Crippen LogP contribution in [0.15, 0.2) is 54.6 Å². The third-order valence-electron chi connectivity index (χ3n) is 3.57. The van der Waals surface area contributed by atoms with Crippen LogP contribution in [0.1, 0.15) is 23.1 Å². The molecule has 2 aromatic rings. The summed E-state index contributed by atoms with van der Waals surface area (Å²) in [6, 6.07) is 16.4. The molecule has 0 fully saturated rings. The molecule has 1 aliphatic heterocycles. The number of carbonyl (C=O) groups is 1. The summed E-state index contributed by atoms with van der Waals surface area (Å²) in [6.07, 6.45) is 2.48. The highest BCUT2D eigenvalue weighted by atomic mass is 16.2. The molecular formula is C18H17NO. The molecule has 0 N–H and O–H groups in total. The topological polar surface area (TPSA) is 20.3 Å². The van der Waals surface area contributed by atoms with Gasteiger partial charge in [-0.1, -0.05) is 48.0 Å². The van der Waals surface area contributed by atoms with Crippen molar-refractivity contribution >= 4 is 17.3 Å². The molecule has 0 saturated carbocycles. The molecule has 20 heavy (non-hydrogen) atoms. The van der Waals surface area contributed by atoms with Gasteiger partial charge in [0.05, 0.1) is 5.70 Å². The van der Waals surface area contributed by atoms with Crippen LogP contribution >= 0.6 is 0 Å². The summed E-state index contributed by atoms with van der Waals surface area (Å²) in [4.78, 5) is 14.0. The zero-order valence-corrected chi connectivity index (χ0v) is 11.8. The lowest BCUT2D eigenvalue weighted by Gasteiger charge is -2.21. The van der Waals surface area contributed by atoms with Crippen LogP contribution in [0.4, 0.5) is 5.69 Å². The van der Waals surface area contributed by atoms with Crippen LogP contribution in [0.25, 0.3) is 5.70 Å². The van der Waals surface area contributed by atoms with E-state index in [9.17, 15) is 4.79 Å². The smallest absolute Gasteiger partial charge is 0.235 e. The van der Waals surface area contributed by atoms with Crippen LogP contribution < -0.4 is 4.90 Å². The number of hydrogen-bond acceptors (Lipinski definition) is 1. The molecule has 0 bridgehead atoms. The Bertz CT molecular complexity index is 683. The fourth-order valence-corrected chi connectivity index (χ4v) is 2.52. The molecule has 0 unspecified atom stereocenters. The SMILES string of the molecule is Cc1ccc(C2=CCC(=O)N2c2cccc(C)c2)cc1. The summed E-state index contributed by atoms with van der Waals surface area (Å²) in [5.74, 6) is 0.131. The van der Waals surface area contributed by atoms with Crippen molar-refractivity contribution < 1.29 is 4.79 Å². The molecule has 2 aromatic carbocycles. The predicted octanol–water partition coefficient (Wildman–Crippen LogP) is 4.08. The number of rotatable bonds is 2. The van der Waals surface area contributed by atoms with Crippen molar-refractivity contribution in [1.82, 2.24) is 0 Å². The van der Waals surface area contributed by atoms with Crippen LogP contribution in [0.3, 0.4) is 0 Å². The molecule has 2 heteroatoms. The van der Waals surface area contributed by atoms with Gasteiger partial charge in [-0.3, -0.25) is 9.69 Å². The van der Waals surface area contributed by atoms with Crippen molar-refractivity contribution in [2.24, 2.45) is 0 Å². The normalized spacial score (nSPS) is 14.6. The van der Waals surface area contributed by atoms with Gasteiger partial charge in [0, 0.05) is 12.1 Å². The van der Waals surface area contributed by atoms with E-state index in [-0.39, 0.29) is 5.91 Å². The van der Waals surface area contributed by atoms with Crippen molar-refractivity contribution in [2.45, 2.75) is 20.3 Å². The minimum atomic E-state index is 0.131. The number of amides is 1. The average molecular weight is 263 g/mol. The van der Waals surface area contributed by atoms with E-state index in [4.69, 9.17) is 0 Å². The van der Waals surface area contributed by atoms with E-state index in [1.54, 1.807) is 0 Å². The summed E-state index contributed by atoms with van der Waals surface area (Å²) in [7, 11) is 0. The van der Waals surface area contributed by atoms with Crippen molar-refractivity contribution in [3.05, 3.63) is 71.3 Å². The first-order chi connectivity index (χ1) is 9.65. The van der Waals surface area contributed by atoms with Gasteiger partial charge in [-0.2, -0.15) is 0 Å². The van der Waals surface area contributed by atoms with E-state index in [2.05, 4.69) is 31.2 Å². The highest BCUT2D eigenvalue weighted by Crippen LogP contribution is 2.32. The minimum absolute atomic E-state index is 0.131. The molecule has 1 aliphatic rings. The van der Waals surface area contributed by atoms with E-state index in [1.165, 1.54) is 5.56 Å². The lowest BCUT2D eigenvalue weighted by Crippen LogP contribution is -2.23. The lowest BCUT2D eigenvalue weighted by molar-refractivity contribution is -0.116. The summed E-state index contributed by atoms with van der Waals surface area (Å²) < 4.78 is 0. The van der Waals surface area contributed by atoms with Gasteiger partial charge >= 0.3 is 0 Å². The van der Waals surface area contributed by atoms with Gasteiger partial charge in [0.1, 0.15) is 0 Å². The number of nitrogens with zero attached hydrogens (tertiary/aromatic N) is 1. The van der Waals surface area contributed by atoms with Gasteiger partial charge in [0.15, 0.2) is 0 Å². The predicted molar refractivity (Wildman–Crippen MR) is 82.4 cm³/mol. The molecule has 0 atom stereocenters. The third kappa shape index (κ3) is 2.25. The van der Waals surface area contributed by atoms with E-state index in [0.717, 1.165) is 22.5 Å². The summed E-state index contributed by atoms with van der Waals surface area (Å²) in [6.45, 7) is 4.11. The molecule has 1 amide bonds. The maximum absolute atomic E-state index is 12.2. The van der Waals surface area contributed by atoms with Crippen LogP contribution in [0.2, 0.25) is 0 Å². The summed E-state index contributed by atoms with van der Waals surface area (Å²) in [5, 5.41) is 0. The summed E-state index contributed by atoms with van der Waals surface area (Å²) >= 11 is 0. The molecule has 2 nitrogen and oxygen atoms in total. The van der Waals surface area contributed by atoms with E-state index in [0.29, 0.717) is 6.42 Å². The highest BCUT2D eigenvalue weighted by Gasteiger charge is 2.26. The van der Waals surface area contributed by atoms with Crippen LogP contribution in [0, 0.1) is 13.8 Å². The third-order valence-corrected chi connectivity index (χ3v) is 3.57. The fraction of sp³-hybridized carbons (Fsp3) is 0.167. The van der Waals surface area contributed by atoms with E-state index in [1.807, 2.05) is 42.2 Å². The Labute approximate surface area is 119 Å². The first-order valence-electron chi connectivity index (χ1n) is 6.82. The fourth-order valence-electron chi connectivity index (χ4n) is 2.52. The monoisotopic (exact) mass is 263 g/mol. The van der Waals surface area contributed by atoms with Gasteiger partial charge in [-0.15, -0.1) is 0 Å². The number of carbonyl (C=O) groups excluding carboxylic acids is 1. The average Bonchev–Trinajstić information content (AvgIpc) is 2.81. The van der Waals surface area contributed by atoms with Gasteiger partial charge in [0.25, 0.3) is 0 Å². The Balaban J connectivity index is 2.02. The van der Waals surface area contributed by atoms with Crippen molar-refractivity contribution in [3.63, 3.8) is 0 Å². The molecule has 0 radical (unpaired) electrons. The Kier molecular flexibility index (Phi) is 3.15. The molecule has 0 spiro atoms. The van der Waals surface area contributed by atoms with Crippen molar-refractivity contribution in [3.8, 4) is 0 Å². The van der Waals surface area contributed by atoms with Gasteiger partial charge < -0.3 is 0 Å². The number of aryl methyl sites for hydroxylation is 2. The van der Waals surface area contributed by atoms with Gasteiger partial charge in [0.2, 0.25) is 5.91 Å². The maximum Gasteiger partial charge on any atom is 0.235 e. The van der Waals surface area contributed by atoms with Crippen molar-refractivity contribution in [1.29, 1.82) is 0 Å². The van der Waals surface area contributed by atoms with Crippen LogP contribution in [0.5, 0.6) is 0 Å². The number of benzene rings is 2. The lowest BCUT2D eigenvalue weighted by atomic mass is 10.1. The van der Waals surface area contributed by atoms with Gasteiger partial charge in [-0.25, -0.2) is 0 Å². The second-order valence-electron chi connectivity index (χ2n) is 5.23. The minimum Gasteiger partial charge on any atom is -0.281 e. The first kappa shape index (κ1) is 12.7. The Morgan fingerprint density at radius 1 is 0.950 bits per heavy atom. The maximum atomic E-state index is 12.2. The van der Waals surface area contributed by atoms with E-state index >= 15 is 0 Å². The van der Waals surface area contributed by atoms with Crippen LogP contribution in [-0.2, 0) is 4.79 Å². The molecule has 0 saturated heterocycles. The summed E-state index contributed by atoms with van der Waals surface area (Å²) in [5.41, 5.74) is 5.40. The molecule has 1 heterocycles.